The molecule has 0 saturated carbocycles. The Bertz CT molecular complexity index is 240. The number of hydrogen-bond donors (Lipinski definition) is 0. The van der Waals surface area contributed by atoms with Crippen molar-refractivity contribution >= 4 is 23.9 Å². The van der Waals surface area contributed by atoms with Crippen LogP contribution in [0.25, 0.3) is 0 Å². The molecule has 3 heteroatoms. The molecule has 1 aromatic rings. The Balaban J connectivity index is 2.46. The zero-order valence-electron chi connectivity index (χ0n) is 7.04. The maximum absolute atomic E-state index is 5.71. The van der Waals surface area contributed by atoms with Crippen LogP contribution in [0.5, 0.6) is 0 Å². The van der Waals surface area contributed by atoms with Crippen molar-refractivity contribution in [2.75, 3.05) is 5.33 Å². The smallest absolute Gasteiger partial charge is 0.290 e. The third-order valence-electron chi connectivity index (χ3n) is 1.79. The number of alkyl halides is 1. The molecule has 0 fully saturated rings. The lowest BCUT2D eigenvalue weighted by molar-refractivity contribution is -0.531. The quantitative estimate of drug-likeness (QED) is 0.416. The fraction of sp³-hybridized carbons (Fsp3) is 0.444. The minimum absolute atomic E-state index is 1.06. The molecule has 1 aromatic heterocycles. The molecule has 0 saturated heterocycles. The molecule has 0 aliphatic heterocycles. The molecule has 0 aliphatic rings. The van der Waals surface area contributed by atoms with Gasteiger partial charge in [-0.3, -0.25) is 4.48 Å². The summed E-state index contributed by atoms with van der Waals surface area (Å²) in [5, 5.41) is 1.07. The van der Waals surface area contributed by atoms with Gasteiger partial charge < -0.3 is 0 Å². The minimum Gasteiger partial charge on any atom is -0.290 e. The van der Waals surface area contributed by atoms with E-state index in [4.69, 9.17) is 7.98 Å². The summed E-state index contributed by atoms with van der Waals surface area (Å²) in [5.74, 6) is 0. The number of pyridine rings is 1. The summed E-state index contributed by atoms with van der Waals surface area (Å²) < 4.78 is 1.69. The number of aryl methyl sites for hydroxylation is 1. The van der Waals surface area contributed by atoms with E-state index in [1.807, 2.05) is 18.3 Å². The third kappa shape index (κ3) is 2.98. The number of halogens is 1. The van der Waals surface area contributed by atoms with Crippen LogP contribution in [0.2, 0.25) is 0 Å². The lowest BCUT2D eigenvalue weighted by atomic mass is 10.1. The van der Waals surface area contributed by atoms with Gasteiger partial charge in [0.15, 0.2) is 5.69 Å². The average molecular weight is 225 g/mol. The van der Waals surface area contributed by atoms with E-state index in [2.05, 4.69) is 22.0 Å². The van der Waals surface area contributed by atoms with E-state index >= 15 is 0 Å². The van der Waals surface area contributed by atoms with Gasteiger partial charge >= 0.3 is 7.98 Å². The Morgan fingerprint density at radius 2 is 2.17 bits per heavy atom. The molecule has 62 valence electrons. The molecule has 2 radical (unpaired) electrons. The second-order valence-electron chi connectivity index (χ2n) is 2.75. The highest BCUT2D eigenvalue weighted by atomic mass is 79.9. The highest BCUT2D eigenvalue weighted by Gasteiger charge is 2.02. The van der Waals surface area contributed by atoms with Crippen molar-refractivity contribution in [2.24, 2.45) is 0 Å². The van der Waals surface area contributed by atoms with Crippen molar-refractivity contribution in [3.8, 4) is 0 Å². The van der Waals surface area contributed by atoms with E-state index in [0.717, 1.165) is 11.8 Å². The number of nitrogens with zero attached hydrogens (tertiary/aromatic N) is 1. The summed E-state index contributed by atoms with van der Waals surface area (Å²) in [4.78, 5) is 0. The van der Waals surface area contributed by atoms with Crippen LogP contribution < -0.4 is 4.48 Å². The van der Waals surface area contributed by atoms with Crippen molar-refractivity contribution in [3.05, 3.63) is 30.1 Å². The Morgan fingerprint density at radius 1 is 1.33 bits per heavy atom. The van der Waals surface area contributed by atoms with E-state index in [1.165, 1.54) is 18.5 Å². The monoisotopic (exact) mass is 224 g/mol. The highest BCUT2D eigenvalue weighted by molar-refractivity contribution is 9.09. The normalized spacial score (nSPS) is 10.1. The highest BCUT2D eigenvalue weighted by Crippen LogP contribution is 2.00. The zero-order valence-corrected chi connectivity index (χ0v) is 8.63. The molecular weight excluding hydrogens is 213 g/mol. The molecule has 0 amide bonds. The van der Waals surface area contributed by atoms with Gasteiger partial charge in [-0.2, -0.15) is 0 Å². The van der Waals surface area contributed by atoms with Gasteiger partial charge in [0, 0.05) is 17.8 Å². The van der Waals surface area contributed by atoms with Crippen molar-refractivity contribution in [1.29, 1.82) is 0 Å². The van der Waals surface area contributed by atoms with E-state index in [-0.39, 0.29) is 0 Å². The van der Waals surface area contributed by atoms with Crippen LogP contribution in [0.4, 0.5) is 0 Å². The van der Waals surface area contributed by atoms with Crippen LogP contribution >= 0.6 is 15.9 Å². The standard InChI is InChI=1S/C9H12BBrN/c10-12-8-4-2-6-9(12)5-1-3-7-11/h2,4,6,8H,1,3,5,7H2/q+1. The maximum atomic E-state index is 5.71. The van der Waals surface area contributed by atoms with Gasteiger partial charge in [-0.25, -0.2) is 0 Å². The van der Waals surface area contributed by atoms with Crippen LogP contribution in [0.15, 0.2) is 24.4 Å². The first kappa shape index (κ1) is 9.78. The Morgan fingerprint density at radius 3 is 2.83 bits per heavy atom. The zero-order chi connectivity index (χ0) is 8.81. The van der Waals surface area contributed by atoms with Gasteiger partial charge in [-0.05, 0) is 18.9 Å². The van der Waals surface area contributed by atoms with E-state index in [1.54, 1.807) is 4.48 Å². The molecule has 0 N–H and O–H groups in total. The molecule has 1 rings (SSSR count). The fourth-order valence-electron chi connectivity index (χ4n) is 1.10. The average Bonchev–Trinajstić information content (AvgIpc) is 2.09. The van der Waals surface area contributed by atoms with Gasteiger partial charge in [0.25, 0.3) is 0 Å². The Labute approximate surface area is 83.4 Å². The summed E-state index contributed by atoms with van der Waals surface area (Å²) in [7, 11) is 5.71. The predicted octanol–water partition coefficient (Wildman–Crippen LogP) is 1.62. The van der Waals surface area contributed by atoms with Gasteiger partial charge in [-0.1, -0.05) is 22.0 Å². The number of hydrogen-bond acceptors (Lipinski definition) is 0. The Kier molecular flexibility index (Phi) is 4.37. The molecule has 12 heavy (non-hydrogen) atoms. The molecule has 0 aromatic carbocycles. The van der Waals surface area contributed by atoms with E-state index < -0.39 is 0 Å². The summed E-state index contributed by atoms with van der Waals surface area (Å²) in [5.41, 5.74) is 1.19. The molecule has 0 aliphatic carbocycles. The number of aromatic nitrogens is 1. The van der Waals surface area contributed by atoms with Crippen molar-refractivity contribution in [1.82, 2.24) is 0 Å². The van der Waals surface area contributed by atoms with E-state index in [9.17, 15) is 0 Å². The summed E-state index contributed by atoms with van der Waals surface area (Å²) in [6, 6.07) is 6.02. The lowest BCUT2D eigenvalue weighted by Gasteiger charge is -1.98. The van der Waals surface area contributed by atoms with Crippen molar-refractivity contribution in [3.63, 3.8) is 0 Å². The van der Waals surface area contributed by atoms with Gasteiger partial charge in [0.05, 0.1) is 0 Å². The molecule has 1 nitrogen and oxygen atoms in total. The van der Waals surface area contributed by atoms with E-state index in [0.29, 0.717) is 0 Å². The van der Waals surface area contributed by atoms with Gasteiger partial charge in [0.1, 0.15) is 6.20 Å². The first-order chi connectivity index (χ1) is 5.84. The second kappa shape index (κ2) is 5.36. The second-order valence-corrected chi connectivity index (χ2v) is 3.54. The SMILES string of the molecule is [B][n+]1ccccc1CCCCBr. The fourth-order valence-corrected chi connectivity index (χ4v) is 1.50. The molecule has 0 unspecified atom stereocenters. The van der Waals surface area contributed by atoms with Crippen molar-refractivity contribution < 1.29 is 4.48 Å². The number of unbranched alkanes of at least 4 members (excludes halogenated alkanes) is 1. The van der Waals surface area contributed by atoms with Crippen molar-refractivity contribution in [2.45, 2.75) is 19.3 Å². The molecule has 1 heterocycles. The van der Waals surface area contributed by atoms with Crippen LogP contribution in [-0.2, 0) is 6.42 Å². The summed E-state index contributed by atoms with van der Waals surface area (Å²) >= 11 is 3.40. The maximum Gasteiger partial charge on any atom is 0.586 e. The van der Waals surface area contributed by atoms with Crippen LogP contribution in [-0.4, -0.2) is 13.3 Å². The summed E-state index contributed by atoms with van der Waals surface area (Å²) in [6.07, 6.45) is 5.33. The third-order valence-corrected chi connectivity index (χ3v) is 2.36. The Hall–Kier alpha value is -0.305. The first-order valence-corrected chi connectivity index (χ1v) is 5.27. The topological polar surface area (TPSA) is 3.88 Å². The predicted molar refractivity (Wildman–Crippen MR) is 54.5 cm³/mol. The minimum atomic E-state index is 1.06. The summed E-state index contributed by atoms with van der Waals surface area (Å²) in [6.45, 7) is 0. The molecule has 0 atom stereocenters. The first-order valence-electron chi connectivity index (χ1n) is 4.15. The van der Waals surface area contributed by atoms with Crippen LogP contribution in [0, 0.1) is 0 Å². The van der Waals surface area contributed by atoms with Crippen LogP contribution in [0.3, 0.4) is 0 Å². The molecular formula is C9H12BBrN+. The largest absolute Gasteiger partial charge is 0.586 e. The van der Waals surface area contributed by atoms with Gasteiger partial charge in [-0.15, -0.1) is 0 Å². The molecule has 0 bridgehead atoms. The van der Waals surface area contributed by atoms with Gasteiger partial charge in [0.2, 0.25) is 0 Å². The van der Waals surface area contributed by atoms with Crippen LogP contribution in [0.1, 0.15) is 18.5 Å². The molecule has 0 spiro atoms. The lowest BCUT2D eigenvalue weighted by Crippen LogP contribution is -2.35. The number of rotatable bonds is 4.